The number of hydrogen-bond donors (Lipinski definition) is 1. The topological polar surface area (TPSA) is 60.3 Å². The van der Waals surface area contributed by atoms with Gasteiger partial charge in [-0.2, -0.15) is 0 Å². The molecule has 1 heterocycles. The molecule has 1 atom stereocenters. The molecule has 0 bridgehead atoms. The molecule has 41 heavy (non-hydrogen) atoms. The second-order valence-corrected chi connectivity index (χ2v) is 10.2. The molecule has 0 saturated heterocycles. The molecule has 5 nitrogen and oxygen atoms in total. The van der Waals surface area contributed by atoms with Gasteiger partial charge >= 0.3 is 0 Å². The van der Waals surface area contributed by atoms with E-state index in [2.05, 4.69) is 23.7 Å². The van der Waals surface area contributed by atoms with E-state index in [0.29, 0.717) is 18.5 Å². The molecule has 216 valence electrons. The van der Waals surface area contributed by atoms with Gasteiger partial charge in [0.15, 0.2) is 6.29 Å². The Labute approximate surface area is 243 Å². The molecular formula is C35H41FN2O3. The van der Waals surface area contributed by atoms with Crippen LogP contribution in [0.1, 0.15) is 61.5 Å². The maximum atomic E-state index is 13.7. The SMILES string of the molecule is CNc1ccccc1.COC(CCCC=O)CCn1c(-c2ccc(F)cc2)c(-c2ccccc2)c(C=O)c1C(C)C. The fourth-order valence-corrected chi connectivity index (χ4v) is 5.12. The number of methoxy groups -OCH3 is 1. The number of unbranched alkanes of at least 4 members (excludes halogenated alkanes) is 1. The molecule has 0 spiro atoms. The normalized spacial score (nSPS) is 11.5. The van der Waals surface area contributed by atoms with Crippen LogP contribution in [-0.4, -0.2) is 37.4 Å². The molecular weight excluding hydrogens is 515 g/mol. The van der Waals surface area contributed by atoms with Crippen LogP contribution < -0.4 is 5.32 Å². The fraction of sp³-hybridized carbons (Fsp3) is 0.314. The van der Waals surface area contributed by atoms with E-state index in [1.165, 1.54) is 12.1 Å². The lowest BCUT2D eigenvalue weighted by molar-refractivity contribution is -0.108. The van der Waals surface area contributed by atoms with Crippen LogP contribution in [0.2, 0.25) is 0 Å². The lowest BCUT2D eigenvalue weighted by atomic mass is 9.96. The molecule has 1 unspecified atom stereocenters. The van der Waals surface area contributed by atoms with Gasteiger partial charge in [0.05, 0.1) is 11.8 Å². The van der Waals surface area contributed by atoms with Crippen molar-refractivity contribution in [1.29, 1.82) is 0 Å². The van der Waals surface area contributed by atoms with Crippen LogP contribution in [-0.2, 0) is 16.1 Å². The average molecular weight is 557 g/mol. The number of para-hydroxylation sites is 1. The third-order valence-electron chi connectivity index (χ3n) is 7.11. The zero-order valence-corrected chi connectivity index (χ0v) is 24.5. The number of ether oxygens (including phenoxy) is 1. The number of aromatic nitrogens is 1. The molecule has 0 aliphatic heterocycles. The molecule has 3 aromatic carbocycles. The Hall–Kier alpha value is -4.03. The zero-order valence-electron chi connectivity index (χ0n) is 24.5. The quantitative estimate of drug-likeness (QED) is 0.133. The summed E-state index contributed by atoms with van der Waals surface area (Å²) in [6.45, 7) is 4.81. The first-order valence-corrected chi connectivity index (χ1v) is 14.2. The molecule has 0 saturated carbocycles. The van der Waals surface area contributed by atoms with E-state index in [-0.39, 0.29) is 17.8 Å². The van der Waals surface area contributed by atoms with Crippen LogP contribution in [0.4, 0.5) is 10.1 Å². The molecule has 0 fully saturated rings. The number of benzene rings is 3. The van der Waals surface area contributed by atoms with Crippen LogP contribution in [0, 0.1) is 5.82 Å². The van der Waals surface area contributed by atoms with Crippen LogP contribution >= 0.6 is 0 Å². The summed E-state index contributed by atoms with van der Waals surface area (Å²) in [5.74, 6) is -0.189. The minimum absolute atomic E-state index is 0.00767. The number of carbonyl (C=O) groups excluding carboxylic acids is 2. The molecule has 0 amide bonds. The van der Waals surface area contributed by atoms with Crippen molar-refractivity contribution >= 4 is 18.3 Å². The van der Waals surface area contributed by atoms with Crippen molar-refractivity contribution in [1.82, 2.24) is 4.57 Å². The highest BCUT2D eigenvalue weighted by atomic mass is 19.1. The first kappa shape index (κ1) is 31.5. The number of rotatable bonds is 13. The number of nitrogens with one attached hydrogen (secondary N) is 1. The maximum absolute atomic E-state index is 13.7. The van der Waals surface area contributed by atoms with Crippen molar-refractivity contribution in [2.24, 2.45) is 0 Å². The number of anilines is 1. The Morgan fingerprint density at radius 1 is 0.878 bits per heavy atom. The monoisotopic (exact) mass is 556 g/mol. The molecule has 6 heteroatoms. The molecule has 1 aromatic heterocycles. The Morgan fingerprint density at radius 2 is 1.51 bits per heavy atom. The first-order chi connectivity index (χ1) is 19.9. The number of carbonyl (C=O) groups is 2. The van der Waals surface area contributed by atoms with Crippen molar-refractivity contribution in [3.63, 3.8) is 0 Å². The first-order valence-electron chi connectivity index (χ1n) is 14.2. The number of aldehydes is 2. The third kappa shape index (κ3) is 8.48. The molecule has 1 N–H and O–H groups in total. The van der Waals surface area contributed by atoms with Crippen molar-refractivity contribution in [2.45, 2.75) is 58.1 Å². The summed E-state index contributed by atoms with van der Waals surface area (Å²) in [5, 5.41) is 3.03. The molecule has 0 aliphatic rings. The average Bonchev–Trinajstić information content (AvgIpc) is 3.35. The van der Waals surface area contributed by atoms with Crippen LogP contribution in [0.3, 0.4) is 0 Å². The number of halogens is 1. The predicted octanol–water partition coefficient (Wildman–Crippen LogP) is 8.40. The Bertz CT molecular complexity index is 1350. The lowest BCUT2D eigenvalue weighted by Gasteiger charge is -2.20. The smallest absolute Gasteiger partial charge is 0.152 e. The molecule has 0 aliphatic carbocycles. The summed E-state index contributed by atoms with van der Waals surface area (Å²) in [4.78, 5) is 23.1. The van der Waals surface area contributed by atoms with Gasteiger partial charge in [0.2, 0.25) is 0 Å². The minimum atomic E-state index is -0.299. The van der Waals surface area contributed by atoms with Gasteiger partial charge in [0.1, 0.15) is 12.1 Å². The summed E-state index contributed by atoms with van der Waals surface area (Å²) in [6.07, 6.45) is 4.73. The summed E-state index contributed by atoms with van der Waals surface area (Å²) in [6, 6.07) is 26.4. The minimum Gasteiger partial charge on any atom is -0.388 e. The van der Waals surface area contributed by atoms with Gasteiger partial charge in [0.25, 0.3) is 0 Å². The standard InChI is InChI=1S/C28H32FNO3.C7H9N/c1-20(2)27-25(19-32)26(21-9-5-4-6-10-21)28(22-12-14-23(29)15-13-22)30(27)17-16-24(33-3)11-7-8-18-31;1-8-7-5-3-2-4-6-7/h4-6,9-10,12-15,18-20,24H,7-8,11,16-17H2,1-3H3;2-6,8H,1H3. The van der Waals surface area contributed by atoms with Crippen molar-refractivity contribution in [3.05, 3.63) is 102 Å². The van der Waals surface area contributed by atoms with E-state index < -0.39 is 0 Å². The molecule has 0 radical (unpaired) electrons. The van der Waals surface area contributed by atoms with Gasteiger partial charge < -0.3 is 19.4 Å². The second-order valence-electron chi connectivity index (χ2n) is 10.2. The highest BCUT2D eigenvalue weighted by Gasteiger charge is 2.26. The summed E-state index contributed by atoms with van der Waals surface area (Å²) in [7, 11) is 3.60. The summed E-state index contributed by atoms with van der Waals surface area (Å²) in [5.41, 5.74) is 6.39. The summed E-state index contributed by atoms with van der Waals surface area (Å²) >= 11 is 0. The van der Waals surface area contributed by atoms with Crippen LogP contribution in [0.15, 0.2) is 84.9 Å². The zero-order chi connectivity index (χ0) is 29.6. The summed E-state index contributed by atoms with van der Waals surface area (Å²) < 4.78 is 21.6. The molecule has 4 aromatic rings. The van der Waals surface area contributed by atoms with E-state index in [1.807, 2.05) is 67.7 Å². The van der Waals surface area contributed by atoms with E-state index in [9.17, 15) is 14.0 Å². The van der Waals surface area contributed by atoms with E-state index in [0.717, 1.165) is 65.6 Å². The molecule has 4 rings (SSSR count). The van der Waals surface area contributed by atoms with Gasteiger partial charge in [-0.3, -0.25) is 4.79 Å². The Balaban J connectivity index is 0.000000496. The predicted molar refractivity (Wildman–Crippen MR) is 166 cm³/mol. The fourth-order valence-electron chi connectivity index (χ4n) is 5.12. The van der Waals surface area contributed by atoms with Gasteiger partial charge in [-0.05, 0) is 72.7 Å². The third-order valence-corrected chi connectivity index (χ3v) is 7.11. The maximum Gasteiger partial charge on any atom is 0.152 e. The van der Waals surface area contributed by atoms with E-state index in [4.69, 9.17) is 4.74 Å². The van der Waals surface area contributed by atoms with Crippen LogP contribution in [0.5, 0.6) is 0 Å². The number of nitrogens with zero attached hydrogens (tertiary/aromatic N) is 1. The van der Waals surface area contributed by atoms with Crippen molar-refractivity contribution < 1.29 is 18.7 Å². The highest BCUT2D eigenvalue weighted by Crippen LogP contribution is 2.41. The Kier molecular flexibility index (Phi) is 12.5. The van der Waals surface area contributed by atoms with Gasteiger partial charge in [-0.25, -0.2) is 4.39 Å². The highest BCUT2D eigenvalue weighted by molar-refractivity contribution is 5.97. The largest absolute Gasteiger partial charge is 0.388 e. The number of hydrogen-bond acceptors (Lipinski definition) is 4. The van der Waals surface area contributed by atoms with Gasteiger partial charge in [0, 0.05) is 49.6 Å². The van der Waals surface area contributed by atoms with E-state index >= 15 is 0 Å². The van der Waals surface area contributed by atoms with Crippen molar-refractivity contribution in [2.75, 3.05) is 19.5 Å². The van der Waals surface area contributed by atoms with Crippen molar-refractivity contribution in [3.8, 4) is 22.4 Å². The van der Waals surface area contributed by atoms with Crippen LogP contribution in [0.25, 0.3) is 22.4 Å². The Morgan fingerprint density at radius 3 is 2.02 bits per heavy atom. The van der Waals surface area contributed by atoms with Gasteiger partial charge in [-0.15, -0.1) is 0 Å². The van der Waals surface area contributed by atoms with E-state index in [1.54, 1.807) is 19.2 Å². The second kappa shape index (κ2) is 16.3. The lowest BCUT2D eigenvalue weighted by Crippen LogP contribution is -2.16. The van der Waals surface area contributed by atoms with Gasteiger partial charge in [-0.1, -0.05) is 62.4 Å².